The Morgan fingerprint density at radius 1 is 0.750 bits per heavy atom. The SMILES string of the molecule is OCO.[CH3-].[CH3-].[CH3-].[CH3-].[Zr+4]. The number of aliphatic hydroxyl groups is 2. The van der Waals surface area contributed by atoms with Crippen LogP contribution in [0, 0.1) is 29.7 Å². The van der Waals surface area contributed by atoms with Crippen molar-refractivity contribution in [2.45, 2.75) is 0 Å². The maximum atomic E-state index is 7.12. The summed E-state index contributed by atoms with van der Waals surface area (Å²) in [6.45, 7) is -0.750. The van der Waals surface area contributed by atoms with Crippen molar-refractivity contribution in [2.24, 2.45) is 0 Å². The van der Waals surface area contributed by atoms with Crippen LogP contribution in [0.4, 0.5) is 0 Å². The van der Waals surface area contributed by atoms with Gasteiger partial charge in [0.25, 0.3) is 0 Å². The summed E-state index contributed by atoms with van der Waals surface area (Å²) < 4.78 is 0. The van der Waals surface area contributed by atoms with Crippen molar-refractivity contribution in [3.63, 3.8) is 0 Å². The smallest absolute Gasteiger partial charge is 0.371 e. The van der Waals surface area contributed by atoms with Gasteiger partial charge in [-0.05, 0) is 0 Å². The summed E-state index contributed by atoms with van der Waals surface area (Å²) in [7, 11) is 0. The molecule has 0 aliphatic rings. The summed E-state index contributed by atoms with van der Waals surface area (Å²) in [6.07, 6.45) is 0. The fraction of sp³-hybridized carbons (Fsp3) is 0.200. The molecular formula is C5H16O2Zr. The molecule has 0 aromatic heterocycles. The van der Waals surface area contributed by atoms with E-state index in [9.17, 15) is 0 Å². The summed E-state index contributed by atoms with van der Waals surface area (Å²) in [5.41, 5.74) is 0. The van der Waals surface area contributed by atoms with Gasteiger partial charge in [0.05, 0.1) is 0 Å². The second-order valence-corrected chi connectivity index (χ2v) is 0.141. The average molecular weight is 199 g/mol. The Bertz CT molecular complexity index is 10.4. The zero-order chi connectivity index (χ0) is 2.71. The molecule has 0 aliphatic heterocycles. The van der Waals surface area contributed by atoms with Crippen LogP contribution in [-0.4, -0.2) is 17.0 Å². The molecule has 2 nitrogen and oxygen atoms in total. The minimum absolute atomic E-state index is 0. The molecule has 0 unspecified atom stereocenters. The predicted octanol–water partition coefficient (Wildman–Crippen LogP) is 0.727. The van der Waals surface area contributed by atoms with Crippen molar-refractivity contribution in [3.8, 4) is 0 Å². The van der Waals surface area contributed by atoms with Crippen LogP contribution in [0.3, 0.4) is 0 Å². The van der Waals surface area contributed by atoms with Crippen LogP contribution < -0.4 is 0 Å². The maximum Gasteiger partial charge on any atom is 4.00 e. The Morgan fingerprint density at radius 2 is 0.750 bits per heavy atom. The van der Waals surface area contributed by atoms with E-state index in [1.807, 2.05) is 0 Å². The quantitative estimate of drug-likeness (QED) is 0.446. The van der Waals surface area contributed by atoms with Crippen LogP contribution >= 0.6 is 0 Å². The molecule has 8 heavy (non-hydrogen) atoms. The van der Waals surface area contributed by atoms with Crippen LogP contribution in [0.1, 0.15) is 0 Å². The van der Waals surface area contributed by atoms with Crippen LogP contribution in [0.5, 0.6) is 0 Å². The van der Waals surface area contributed by atoms with E-state index in [-0.39, 0.29) is 55.9 Å². The fourth-order valence-corrected chi connectivity index (χ4v) is 0. The van der Waals surface area contributed by atoms with Gasteiger partial charge in [-0.3, -0.25) is 0 Å². The zero-order valence-corrected chi connectivity index (χ0v) is 8.56. The van der Waals surface area contributed by atoms with E-state index in [0.29, 0.717) is 0 Å². The Labute approximate surface area is 73.1 Å². The first-order valence-corrected chi connectivity index (χ1v) is 0.632. The topological polar surface area (TPSA) is 40.5 Å². The molecule has 52 valence electrons. The van der Waals surface area contributed by atoms with Gasteiger partial charge in [-0.2, -0.15) is 0 Å². The van der Waals surface area contributed by atoms with Crippen molar-refractivity contribution in [2.75, 3.05) is 6.79 Å². The second kappa shape index (κ2) is 111. The molecule has 0 bridgehead atoms. The summed E-state index contributed by atoms with van der Waals surface area (Å²) in [4.78, 5) is 0. The Hall–Kier alpha value is 0.803. The number of rotatable bonds is 0. The van der Waals surface area contributed by atoms with Crippen LogP contribution in [0.15, 0.2) is 0 Å². The van der Waals surface area contributed by atoms with Crippen molar-refractivity contribution >= 4 is 0 Å². The number of hydrogen-bond acceptors (Lipinski definition) is 2. The van der Waals surface area contributed by atoms with E-state index >= 15 is 0 Å². The first-order chi connectivity index (χ1) is 1.41. The minimum Gasteiger partial charge on any atom is -0.371 e. The van der Waals surface area contributed by atoms with Gasteiger partial charge in [-0.1, -0.05) is 0 Å². The van der Waals surface area contributed by atoms with Gasteiger partial charge in [-0.25, -0.2) is 0 Å². The first-order valence-electron chi connectivity index (χ1n) is 0.632. The van der Waals surface area contributed by atoms with E-state index in [0.717, 1.165) is 0 Å². The Balaban J connectivity index is -0.00000000200. The monoisotopic (exact) mass is 198 g/mol. The van der Waals surface area contributed by atoms with Gasteiger partial charge in [0.1, 0.15) is 6.79 Å². The molecule has 0 rings (SSSR count). The molecule has 3 heteroatoms. The first kappa shape index (κ1) is 68.2. The van der Waals surface area contributed by atoms with Gasteiger partial charge in [-0.15, -0.1) is 0 Å². The molecule has 0 amide bonds. The Kier molecular flexibility index (Phi) is 947. The van der Waals surface area contributed by atoms with E-state index in [4.69, 9.17) is 10.2 Å². The molecule has 0 aliphatic carbocycles. The third kappa shape index (κ3) is 355. The van der Waals surface area contributed by atoms with Crippen molar-refractivity contribution < 1.29 is 36.4 Å². The minimum atomic E-state index is -0.750. The van der Waals surface area contributed by atoms with Crippen molar-refractivity contribution in [1.82, 2.24) is 0 Å². The molecular weight excluding hydrogens is 183 g/mol. The third-order valence-corrected chi connectivity index (χ3v) is 0. The standard InChI is InChI=1S/CH4O2.4CH3.Zr/c2-1-3;;;;;/h2-3H,1H2;4*1H3;/q;4*-1;+4. The molecule has 0 spiro atoms. The van der Waals surface area contributed by atoms with Gasteiger partial charge < -0.3 is 39.9 Å². The third-order valence-electron chi connectivity index (χ3n) is 0. The molecule has 0 heterocycles. The summed E-state index contributed by atoms with van der Waals surface area (Å²) in [5, 5.41) is 14.2. The van der Waals surface area contributed by atoms with Gasteiger partial charge >= 0.3 is 26.2 Å². The fourth-order valence-electron chi connectivity index (χ4n) is 0. The number of aliphatic hydroxyl groups excluding tert-OH is 1. The molecule has 0 saturated heterocycles. The number of hydrogen-bond donors (Lipinski definition) is 2. The van der Waals surface area contributed by atoms with Crippen molar-refractivity contribution in [1.29, 1.82) is 0 Å². The largest absolute Gasteiger partial charge is 4.00 e. The van der Waals surface area contributed by atoms with E-state index in [1.165, 1.54) is 0 Å². The molecule has 0 fully saturated rings. The molecule has 0 atom stereocenters. The Morgan fingerprint density at radius 3 is 0.750 bits per heavy atom. The average Bonchev–Trinajstić information content (AvgIpc) is 0.918. The summed E-state index contributed by atoms with van der Waals surface area (Å²) in [5.74, 6) is 0. The zero-order valence-electron chi connectivity index (χ0n) is 6.10. The van der Waals surface area contributed by atoms with E-state index < -0.39 is 6.79 Å². The van der Waals surface area contributed by atoms with Gasteiger partial charge in [0.2, 0.25) is 0 Å². The molecule has 2 N–H and O–H groups in total. The maximum absolute atomic E-state index is 7.12. The normalized spacial score (nSPS) is 2.25. The predicted molar refractivity (Wildman–Crippen MR) is 35.0 cm³/mol. The summed E-state index contributed by atoms with van der Waals surface area (Å²) >= 11 is 0. The molecule has 0 radical (unpaired) electrons. The second-order valence-electron chi connectivity index (χ2n) is 0.141. The van der Waals surface area contributed by atoms with Gasteiger partial charge in [0.15, 0.2) is 0 Å². The van der Waals surface area contributed by atoms with Crippen LogP contribution in [-0.2, 0) is 26.2 Å². The molecule has 0 aromatic carbocycles. The molecule has 0 saturated carbocycles. The molecule has 0 aromatic rings. The summed E-state index contributed by atoms with van der Waals surface area (Å²) in [6, 6.07) is 0. The van der Waals surface area contributed by atoms with Crippen LogP contribution in [0.2, 0.25) is 0 Å². The van der Waals surface area contributed by atoms with Crippen molar-refractivity contribution in [3.05, 3.63) is 29.7 Å². The van der Waals surface area contributed by atoms with E-state index in [2.05, 4.69) is 0 Å². The van der Waals surface area contributed by atoms with Gasteiger partial charge in [0, 0.05) is 0 Å². The van der Waals surface area contributed by atoms with Crippen LogP contribution in [0.25, 0.3) is 0 Å². The van der Waals surface area contributed by atoms with E-state index in [1.54, 1.807) is 0 Å².